The van der Waals surface area contributed by atoms with Crippen LogP contribution < -0.4 is 5.32 Å². The number of aromatic nitrogens is 2. The van der Waals surface area contributed by atoms with Crippen molar-refractivity contribution in [3.8, 4) is 0 Å². The van der Waals surface area contributed by atoms with Crippen LogP contribution >= 0.6 is 0 Å². The zero-order valence-corrected chi connectivity index (χ0v) is 12.8. The van der Waals surface area contributed by atoms with Gasteiger partial charge >= 0.3 is 0 Å². The highest BCUT2D eigenvalue weighted by molar-refractivity contribution is 5.78. The number of benzene rings is 2. The van der Waals surface area contributed by atoms with Crippen LogP contribution in [0.25, 0.3) is 11.0 Å². The SMILES string of the molecule is CC(C)c1ccc(CNc2nc3ccccc3n2C)cc1. The van der Waals surface area contributed by atoms with Gasteiger partial charge in [0, 0.05) is 13.6 Å². The molecule has 21 heavy (non-hydrogen) atoms. The van der Waals surface area contributed by atoms with Crippen LogP contribution in [0.2, 0.25) is 0 Å². The first-order valence-corrected chi connectivity index (χ1v) is 7.39. The van der Waals surface area contributed by atoms with Crippen LogP contribution in [-0.4, -0.2) is 9.55 Å². The van der Waals surface area contributed by atoms with Crippen LogP contribution in [0.3, 0.4) is 0 Å². The maximum Gasteiger partial charge on any atom is 0.203 e. The topological polar surface area (TPSA) is 29.9 Å². The second-order valence-electron chi connectivity index (χ2n) is 5.73. The molecule has 3 rings (SSSR count). The fourth-order valence-electron chi connectivity index (χ4n) is 2.51. The summed E-state index contributed by atoms with van der Waals surface area (Å²) in [5, 5.41) is 3.42. The molecular formula is C18H21N3. The first kappa shape index (κ1) is 13.7. The van der Waals surface area contributed by atoms with Gasteiger partial charge < -0.3 is 9.88 Å². The number of imidazole rings is 1. The van der Waals surface area contributed by atoms with Crippen molar-refractivity contribution in [1.29, 1.82) is 0 Å². The molecular weight excluding hydrogens is 258 g/mol. The predicted molar refractivity (Wildman–Crippen MR) is 88.6 cm³/mol. The van der Waals surface area contributed by atoms with Crippen molar-refractivity contribution in [3.05, 3.63) is 59.7 Å². The largest absolute Gasteiger partial charge is 0.352 e. The molecule has 0 spiro atoms. The van der Waals surface area contributed by atoms with Crippen molar-refractivity contribution in [1.82, 2.24) is 9.55 Å². The molecule has 108 valence electrons. The summed E-state index contributed by atoms with van der Waals surface area (Å²) >= 11 is 0. The average molecular weight is 279 g/mol. The maximum absolute atomic E-state index is 4.62. The molecule has 2 aromatic carbocycles. The van der Waals surface area contributed by atoms with Crippen LogP contribution in [0, 0.1) is 0 Å². The summed E-state index contributed by atoms with van der Waals surface area (Å²) in [7, 11) is 2.04. The molecule has 0 saturated carbocycles. The second kappa shape index (κ2) is 5.60. The minimum Gasteiger partial charge on any atom is -0.352 e. The molecule has 0 unspecified atom stereocenters. The van der Waals surface area contributed by atoms with Gasteiger partial charge in [0.15, 0.2) is 0 Å². The monoisotopic (exact) mass is 279 g/mol. The number of hydrogen-bond acceptors (Lipinski definition) is 2. The molecule has 1 N–H and O–H groups in total. The summed E-state index contributed by atoms with van der Waals surface area (Å²) in [5.74, 6) is 1.48. The smallest absolute Gasteiger partial charge is 0.203 e. The van der Waals surface area contributed by atoms with E-state index in [1.54, 1.807) is 0 Å². The van der Waals surface area contributed by atoms with Gasteiger partial charge in [0.2, 0.25) is 5.95 Å². The zero-order chi connectivity index (χ0) is 14.8. The third-order valence-corrected chi connectivity index (χ3v) is 3.88. The Morgan fingerprint density at radius 2 is 1.76 bits per heavy atom. The van der Waals surface area contributed by atoms with E-state index in [9.17, 15) is 0 Å². The Bertz CT molecular complexity index is 739. The van der Waals surface area contributed by atoms with E-state index in [1.165, 1.54) is 11.1 Å². The molecule has 0 aliphatic rings. The first-order chi connectivity index (χ1) is 10.1. The molecule has 1 heterocycles. The molecule has 0 aliphatic heterocycles. The summed E-state index contributed by atoms with van der Waals surface area (Å²) < 4.78 is 2.10. The average Bonchev–Trinajstić information content (AvgIpc) is 2.82. The minimum atomic E-state index is 0.576. The van der Waals surface area contributed by atoms with Crippen molar-refractivity contribution in [3.63, 3.8) is 0 Å². The maximum atomic E-state index is 4.62. The third kappa shape index (κ3) is 2.77. The summed E-state index contributed by atoms with van der Waals surface area (Å²) in [6, 6.07) is 17.0. The Hall–Kier alpha value is -2.29. The van der Waals surface area contributed by atoms with Gasteiger partial charge in [0.05, 0.1) is 11.0 Å². The molecule has 0 saturated heterocycles. The molecule has 0 amide bonds. The molecule has 0 radical (unpaired) electrons. The van der Waals surface area contributed by atoms with E-state index < -0.39 is 0 Å². The fourth-order valence-corrected chi connectivity index (χ4v) is 2.51. The number of hydrogen-bond donors (Lipinski definition) is 1. The lowest BCUT2D eigenvalue weighted by molar-refractivity contribution is 0.864. The number of para-hydroxylation sites is 2. The highest BCUT2D eigenvalue weighted by atomic mass is 15.2. The van der Waals surface area contributed by atoms with Crippen molar-refractivity contribution < 1.29 is 0 Å². The standard InChI is InChI=1S/C18H21N3/c1-13(2)15-10-8-14(9-11-15)12-19-18-20-16-6-4-5-7-17(16)21(18)3/h4-11,13H,12H2,1-3H3,(H,19,20). The fraction of sp³-hybridized carbons (Fsp3) is 0.278. The summed E-state index contributed by atoms with van der Waals surface area (Å²) in [6.07, 6.45) is 0. The lowest BCUT2D eigenvalue weighted by atomic mass is 10.0. The lowest BCUT2D eigenvalue weighted by Crippen LogP contribution is -2.05. The number of fused-ring (bicyclic) bond motifs is 1. The number of aryl methyl sites for hydroxylation is 1. The van der Waals surface area contributed by atoms with Crippen LogP contribution in [0.4, 0.5) is 5.95 Å². The van der Waals surface area contributed by atoms with E-state index in [0.29, 0.717) is 5.92 Å². The molecule has 3 aromatic rings. The molecule has 1 aromatic heterocycles. The molecule has 0 bridgehead atoms. The van der Waals surface area contributed by atoms with Crippen LogP contribution in [0.1, 0.15) is 30.9 Å². The minimum absolute atomic E-state index is 0.576. The zero-order valence-electron chi connectivity index (χ0n) is 12.8. The van der Waals surface area contributed by atoms with Gasteiger partial charge in [-0.1, -0.05) is 50.2 Å². The van der Waals surface area contributed by atoms with E-state index in [2.05, 4.69) is 59.0 Å². The number of nitrogens with one attached hydrogen (secondary N) is 1. The Morgan fingerprint density at radius 1 is 1.05 bits per heavy atom. The molecule has 3 nitrogen and oxygen atoms in total. The summed E-state index contributed by atoms with van der Waals surface area (Å²) in [4.78, 5) is 4.62. The van der Waals surface area contributed by atoms with Gasteiger partial charge in [-0.15, -0.1) is 0 Å². The molecule has 0 fully saturated rings. The molecule has 0 atom stereocenters. The van der Waals surface area contributed by atoms with Gasteiger partial charge in [0.25, 0.3) is 0 Å². The quantitative estimate of drug-likeness (QED) is 0.771. The first-order valence-electron chi connectivity index (χ1n) is 7.39. The van der Waals surface area contributed by atoms with Gasteiger partial charge in [-0.3, -0.25) is 0 Å². The summed E-state index contributed by atoms with van der Waals surface area (Å²) in [5.41, 5.74) is 4.82. The number of nitrogens with zero attached hydrogens (tertiary/aromatic N) is 2. The van der Waals surface area contributed by atoms with Gasteiger partial charge in [-0.25, -0.2) is 4.98 Å². The van der Waals surface area contributed by atoms with Gasteiger partial charge in [-0.05, 0) is 29.2 Å². The van der Waals surface area contributed by atoms with E-state index in [-0.39, 0.29) is 0 Å². The van der Waals surface area contributed by atoms with Crippen molar-refractivity contribution in [2.45, 2.75) is 26.3 Å². The van der Waals surface area contributed by atoms with Crippen LogP contribution in [-0.2, 0) is 13.6 Å². The predicted octanol–water partition coefficient (Wildman–Crippen LogP) is 4.31. The van der Waals surface area contributed by atoms with Crippen molar-refractivity contribution >= 4 is 17.0 Å². The Labute approximate surface area is 125 Å². The number of anilines is 1. The van der Waals surface area contributed by atoms with Crippen molar-refractivity contribution in [2.75, 3.05) is 5.32 Å². The van der Waals surface area contributed by atoms with E-state index in [4.69, 9.17) is 0 Å². The van der Waals surface area contributed by atoms with Gasteiger partial charge in [0.1, 0.15) is 0 Å². The summed E-state index contributed by atoms with van der Waals surface area (Å²) in [6.45, 7) is 5.22. The highest BCUT2D eigenvalue weighted by Gasteiger charge is 2.06. The highest BCUT2D eigenvalue weighted by Crippen LogP contribution is 2.19. The Balaban J connectivity index is 1.75. The Morgan fingerprint density at radius 3 is 2.43 bits per heavy atom. The van der Waals surface area contributed by atoms with E-state index in [1.807, 2.05) is 25.2 Å². The molecule has 0 aliphatic carbocycles. The third-order valence-electron chi connectivity index (χ3n) is 3.88. The number of rotatable bonds is 4. The normalized spacial score (nSPS) is 11.2. The van der Waals surface area contributed by atoms with Crippen molar-refractivity contribution in [2.24, 2.45) is 7.05 Å². The lowest BCUT2D eigenvalue weighted by Gasteiger charge is -2.09. The van der Waals surface area contributed by atoms with Crippen LogP contribution in [0.15, 0.2) is 48.5 Å². The second-order valence-corrected chi connectivity index (χ2v) is 5.73. The van der Waals surface area contributed by atoms with Crippen LogP contribution in [0.5, 0.6) is 0 Å². The molecule has 3 heteroatoms. The van der Waals surface area contributed by atoms with Gasteiger partial charge in [-0.2, -0.15) is 0 Å². The van der Waals surface area contributed by atoms with E-state index >= 15 is 0 Å². The Kier molecular flexibility index (Phi) is 3.65. The van der Waals surface area contributed by atoms with E-state index in [0.717, 1.165) is 23.5 Å².